The van der Waals surface area contributed by atoms with Crippen LogP contribution < -0.4 is 0 Å². The number of rotatable bonds is 5. The van der Waals surface area contributed by atoms with E-state index in [1.54, 1.807) is 0 Å². The van der Waals surface area contributed by atoms with E-state index < -0.39 is 9.05 Å². The van der Waals surface area contributed by atoms with Gasteiger partial charge >= 0.3 is 0 Å². The van der Waals surface area contributed by atoms with Crippen LogP contribution in [-0.4, -0.2) is 20.8 Å². The Kier molecular flexibility index (Phi) is 4.47. The average molecular weight is 185 g/mol. The quantitative estimate of drug-likeness (QED) is 0.365. The fourth-order valence-electron chi connectivity index (χ4n) is 0.398. The molecule has 0 unspecified atom stereocenters. The largest absolute Gasteiger partial charge is 0.502 e. The summed E-state index contributed by atoms with van der Waals surface area (Å²) in [6.07, 6.45) is 1.67. The van der Waals surface area contributed by atoms with Gasteiger partial charge in [0, 0.05) is 10.7 Å². The van der Waals surface area contributed by atoms with Gasteiger partial charge in [0.25, 0.3) is 0 Å². The molecule has 0 aromatic heterocycles. The minimum atomic E-state index is -3.35. The molecule has 0 amide bonds. The third-order valence-corrected chi connectivity index (χ3v) is 2.01. The first-order chi connectivity index (χ1) is 4.56. The van der Waals surface area contributed by atoms with E-state index in [9.17, 15) is 8.42 Å². The first-order valence-corrected chi connectivity index (χ1v) is 5.19. The first kappa shape index (κ1) is 9.78. The Morgan fingerprint density at radius 2 is 2.20 bits per heavy atom. The minimum absolute atomic E-state index is 0.0532. The van der Waals surface area contributed by atoms with E-state index in [1.165, 1.54) is 6.26 Å². The highest BCUT2D eigenvalue weighted by Crippen LogP contribution is 1.98. The van der Waals surface area contributed by atoms with E-state index in [1.807, 2.05) is 0 Å². The van der Waals surface area contributed by atoms with Crippen LogP contribution in [0.25, 0.3) is 0 Å². The van der Waals surface area contributed by atoms with Crippen LogP contribution in [0.1, 0.15) is 6.42 Å². The Morgan fingerprint density at radius 3 is 2.60 bits per heavy atom. The van der Waals surface area contributed by atoms with Gasteiger partial charge in [-0.3, -0.25) is 0 Å². The Bertz CT molecular complexity index is 185. The van der Waals surface area contributed by atoms with Crippen molar-refractivity contribution in [1.29, 1.82) is 0 Å². The highest BCUT2D eigenvalue weighted by Gasteiger charge is 2.02. The van der Waals surface area contributed by atoms with Crippen molar-refractivity contribution in [3.8, 4) is 0 Å². The Hall–Kier alpha value is -0.220. The standard InChI is InChI=1S/C5H9ClO3S/c1-2-9-4-3-5-10(6,7)8/h2H,1,3-5H2. The summed E-state index contributed by atoms with van der Waals surface area (Å²) in [6, 6.07) is 0. The lowest BCUT2D eigenvalue weighted by Gasteiger charge is -1.96. The van der Waals surface area contributed by atoms with Gasteiger partial charge in [-0.2, -0.15) is 0 Å². The maximum Gasteiger partial charge on any atom is 0.232 e. The molecular formula is C5H9ClO3S. The summed E-state index contributed by atoms with van der Waals surface area (Å²) < 4.78 is 25.2. The van der Waals surface area contributed by atoms with Crippen LogP contribution in [0.3, 0.4) is 0 Å². The predicted molar refractivity (Wildman–Crippen MR) is 40.4 cm³/mol. The molecule has 0 saturated heterocycles. The molecule has 0 fully saturated rings. The van der Waals surface area contributed by atoms with Crippen molar-refractivity contribution in [2.45, 2.75) is 6.42 Å². The van der Waals surface area contributed by atoms with Crippen LogP contribution in [-0.2, 0) is 13.8 Å². The second kappa shape index (κ2) is 4.57. The summed E-state index contributed by atoms with van der Waals surface area (Å²) >= 11 is 0. The molecule has 0 radical (unpaired) electrons. The van der Waals surface area contributed by atoms with Crippen molar-refractivity contribution in [1.82, 2.24) is 0 Å². The minimum Gasteiger partial charge on any atom is -0.502 e. The van der Waals surface area contributed by atoms with Gasteiger partial charge in [0.1, 0.15) is 0 Å². The van der Waals surface area contributed by atoms with Crippen molar-refractivity contribution in [3.63, 3.8) is 0 Å². The van der Waals surface area contributed by atoms with Gasteiger partial charge in [-0.05, 0) is 6.42 Å². The maximum atomic E-state index is 10.3. The molecular weight excluding hydrogens is 176 g/mol. The SMILES string of the molecule is C=COCCCS(=O)(=O)Cl. The highest BCUT2D eigenvalue weighted by molar-refractivity contribution is 8.13. The van der Waals surface area contributed by atoms with Gasteiger partial charge in [0.15, 0.2) is 0 Å². The molecule has 3 nitrogen and oxygen atoms in total. The van der Waals surface area contributed by atoms with Crippen molar-refractivity contribution in [3.05, 3.63) is 12.8 Å². The van der Waals surface area contributed by atoms with Crippen LogP contribution in [0.2, 0.25) is 0 Å². The fourth-order valence-corrected chi connectivity index (χ4v) is 1.19. The lowest BCUT2D eigenvalue weighted by atomic mass is 10.5. The summed E-state index contributed by atoms with van der Waals surface area (Å²) in [5.74, 6) is -0.0532. The second-order valence-corrected chi connectivity index (χ2v) is 4.53. The number of hydrogen-bond donors (Lipinski definition) is 0. The maximum absolute atomic E-state index is 10.3. The Morgan fingerprint density at radius 1 is 1.60 bits per heavy atom. The monoisotopic (exact) mass is 184 g/mol. The molecule has 0 saturated carbocycles. The molecule has 0 aromatic rings. The van der Waals surface area contributed by atoms with Gasteiger partial charge in [0.2, 0.25) is 9.05 Å². The summed E-state index contributed by atoms with van der Waals surface area (Å²) in [6.45, 7) is 3.63. The van der Waals surface area contributed by atoms with Gasteiger partial charge < -0.3 is 4.74 Å². The zero-order valence-electron chi connectivity index (χ0n) is 5.42. The van der Waals surface area contributed by atoms with E-state index >= 15 is 0 Å². The van der Waals surface area contributed by atoms with Gasteiger partial charge in [-0.1, -0.05) is 6.58 Å². The summed E-state index contributed by atoms with van der Waals surface area (Å²) in [5.41, 5.74) is 0. The van der Waals surface area contributed by atoms with Crippen molar-refractivity contribution >= 4 is 19.7 Å². The predicted octanol–water partition coefficient (Wildman–Crippen LogP) is 1.11. The number of ether oxygens (including phenoxy) is 1. The molecule has 5 heteroatoms. The van der Waals surface area contributed by atoms with E-state index in [-0.39, 0.29) is 5.75 Å². The summed E-state index contributed by atoms with van der Waals surface area (Å²) in [7, 11) is 1.56. The fraction of sp³-hybridized carbons (Fsp3) is 0.600. The molecule has 0 aliphatic rings. The molecule has 0 aliphatic carbocycles. The Labute approximate surface area is 65.1 Å². The van der Waals surface area contributed by atoms with Crippen molar-refractivity contribution in [2.75, 3.05) is 12.4 Å². The summed E-state index contributed by atoms with van der Waals surface area (Å²) in [4.78, 5) is 0. The van der Waals surface area contributed by atoms with Crippen molar-refractivity contribution < 1.29 is 13.2 Å². The third kappa shape index (κ3) is 7.78. The molecule has 0 rings (SSSR count). The van der Waals surface area contributed by atoms with Crippen LogP contribution in [0.4, 0.5) is 0 Å². The average Bonchev–Trinajstić information content (AvgIpc) is 1.78. The normalized spacial score (nSPS) is 10.9. The molecule has 0 atom stereocenters. The lowest BCUT2D eigenvalue weighted by Crippen LogP contribution is -2.00. The zero-order chi connectivity index (χ0) is 8.04. The first-order valence-electron chi connectivity index (χ1n) is 2.71. The van der Waals surface area contributed by atoms with Crippen molar-refractivity contribution in [2.24, 2.45) is 0 Å². The molecule has 0 aromatic carbocycles. The lowest BCUT2D eigenvalue weighted by molar-refractivity contribution is 0.252. The number of hydrogen-bond acceptors (Lipinski definition) is 3. The van der Waals surface area contributed by atoms with Crippen LogP contribution in [0.15, 0.2) is 12.8 Å². The van der Waals surface area contributed by atoms with Crippen LogP contribution >= 0.6 is 10.7 Å². The van der Waals surface area contributed by atoms with Crippen LogP contribution in [0, 0.1) is 0 Å². The third-order valence-electron chi connectivity index (χ3n) is 0.768. The second-order valence-electron chi connectivity index (χ2n) is 1.63. The van der Waals surface area contributed by atoms with Gasteiger partial charge in [-0.25, -0.2) is 8.42 Å². The summed E-state index contributed by atoms with van der Waals surface area (Å²) in [5, 5.41) is 0. The highest BCUT2D eigenvalue weighted by atomic mass is 35.7. The molecule has 0 bridgehead atoms. The zero-order valence-corrected chi connectivity index (χ0v) is 6.99. The van der Waals surface area contributed by atoms with E-state index in [2.05, 4.69) is 11.3 Å². The number of halogens is 1. The topological polar surface area (TPSA) is 43.4 Å². The van der Waals surface area contributed by atoms with Crippen LogP contribution in [0.5, 0.6) is 0 Å². The smallest absolute Gasteiger partial charge is 0.232 e. The molecule has 10 heavy (non-hydrogen) atoms. The molecule has 0 N–H and O–H groups in total. The molecule has 0 heterocycles. The van der Waals surface area contributed by atoms with Gasteiger partial charge in [-0.15, -0.1) is 0 Å². The molecule has 60 valence electrons. The Balaban J connectivity index is 3.29. The molecule has 0 aliphatic heterocycles. The van der Waals surface area contributed by atoms with E-state index in [0.717, 1.165) is 0 Å². The van der Waals surface area contributed by atoms with E-state index in [4.69, 9.17) is 10.7 Å². The molecule has 0 spiro atoms. The van der Waals surface area contributed by atoms with Gasteiger partial charge in [0.05, 0.1) is 18.6 Å². The van der Waals surface area contributed by atoms with E-state index in [0.29, 0.717) is 13.0 Å².